The summed E-state index contributed by atoms with van der Waals surface area (Å²) < 4.78 is 5.31. The summed E-state index contributed by atoms with van der Waals surface area (Å²) in [4.78, 5) is 4.03. The molecule has 3 nitrogen and oxygen atoms in total. The van der Waals surface area contributed by atoms with Crippen LogP contribution in [0.2, 0.25) is 5.02 Å². The molecule has 76 valence electrons. The van der Waals surface area contributed by atoms with Gasteiger partial charge in [0.15, 0.2) is 0 Å². The summed E-state index contributed by atoms with van der Waals surface area (Å²) in [7, 11) is 0. The molecule has 0 saturated carbocycles. The highest BCUT2D eigenvalue weighted by Gasteiger charge is 2.17. The van der Waals surface area contributed by atoms with Gasteiger partial charge in [-0.3, -0.25) is 0 Å². The van der Waals surface area contributed by atoms with Crippen molar-refractivity contribution < 1.29 is 4.74 Å². The van der Waals surface area contributed by atoms with Crippen LogP contribution in [-0.2, 0) is 11.2 Å². The van der Waals surface area contributed by atoms with Gasteiger partial charge in [-0.2, -0.15) is 0 Å². The third-order valence-corrected chi connectivity index (χ3v) is 2.71. The summed E-state index contributed by atoms with van der Waals surface area (Å²) in [5, 5.41) is 0.646. The molecule has 2 rings (SSSR count). The number of nitrogen functional groups attached to an aromatic ring is 1. The lowest BCUT2D eigenvalue weighted by Crippen LogP contribution is -2.07. The van der Waals surface area contributed by atoms with Crippen LogP contribution in [0.5, 0.6) is 0 Å². The average molecular weight is 213 g/mol. The number of halogens is 1. The van der Waals surface area contributed by atoms with Crippen LogP contribution in [-0.4, -0.2) is 18.2 Å². The van der Waals surface area contributed by atoms with Crippen molar-refractivity contribution in [2.45, 2.75) is 12.8 Å². The van der Waals surface area contributed by atoms with Crippen molar-refractivity contribution in [2.75, 3.05) is 18.9 Å². The molecule has 1 aliphatic rings. The monoisotopic (exact) mass is 212 g/mol. The summed E-state index contributed by atoms with van der Waals surface area (Å²) in [6.45, 7) is 1.69. The Morgan fingerprint density at radius 3 is 3.21 bits per heavy atom. The van der Waals surface area contributed by atoms with Crippen LogP contribution in [0.3, 0.4) is 0 Å². The van der Waals surface area contributed by atoms with Crippen LogP contribution in [0.4, 0.5) is 5.82 Å². The first kappa shape index (κ1) is 9.74. The lowest BCUT2D eigenvalue weighted by molar-refractivity contribution is 0.186. The van der Waals surface area contributed by atoms with Crippen molar-refractivity contribution >= 4 is 17.4 Å². The van der Waals surface area contributed by atoms with Gasteiger partial charge in [-0.15, -0.1) is 0 Å². The molecule has 0 radical (unpaired) electrons. The number of aromatic nitrogens is 1. The predicted molar refractivity (Wildman–Crippen MR) is 56.3 cm³/mol. The molecule has 2 N–H and O–H groups in total. The van der Waals surface area contributed by atoms with Crippen molar-refractivity contribution in [1.29, 1.82) is 0 Å². The number of hydrogen-bond donors (Lipinski definition) is 1. The van der Waals surface area contributed by atoms with E-state index in [-0.39, 0.29) is 0 Å². The number of hydrogen-bond acceptors (Lipinski definition) is 3. The molecule has 2 heterocycles. The van der Waals surface area contributed by atoms with Crippen molar-refractivity contribution in [3.63, 3.8) is 0 Å². The van der Waals surface area contributed by atoms with E-state index in [9.17, 15) is 0 Å². The highest BCUT2D eigenvalue weighted by atomic mass is 35.5. The van der Waals surface area contributed by atoms with E-state index in [1.54, 1.807) is 6.20 Å². The Labute approximate surface area is 88.2 Å². The quantitative estimate of drug-likeness (QED) is 0.815. The maximum atomic E-state index is 5.85. The highest BCUT2D eigenvalue weighted by molar-refractivity contribution is 6.30. The van der Waals surface area contributed by atoms with Crippen LogP contribution in [0, 0.1) is 5.92 Å². The topological polar surface area (TPSA) is 48.1 Å². The minimum absolute atomic E-state index is 0.567. The normalized spacial score (nSPS) is 21.4. The first-order chi connectivity index (χ1) is 6.75. The molecular weight excluding hydrogens is 200 g/mol. The second-order valence-electron chi connectivity index (χ2n) is 3.63. The molecule has 0 amide bonds. The molecule has 14 heavy (non-hydrogen) atoms. The van der Waals surface area contributed by atoms with Crippen molar-refractivity contribution in [2.24, 2.45) is 5.92 Å². The molecule has 4 heteroatoms. The third kappa shape index (κ3) is 2.16. The molecule has 0 spiro atoms. The fourth-order valence-corrected chi connectivity index (χ4v) is 1.89. The zero-order valence-corrected chi connectivity index (χ0v) is 8.63. The number of nitrogens with two attached hydrogens (primary N) is 1. The minimum Gasteiger partial charge on any atom is -0.383 e. The largest absolute Gasteiger partial charge is 0.383 e. The van der Waals surface area contributed by atoms with Gasteiger partial charge in [0.2, 0.25) is 0 Å². The van der Waals surface area contributed by atoms with E-state index >= 15 is 0 Å². The zero-order chi connectivity index (χ0) is 9.97. The van der Waals surface area contributed by atoms with E-state index in [1.807, 2.05) is 6.07 Å². The van der Waals surface area contributed by atoms with Crippen LogP contribution in [0.25, 0.3) is 0 Å². The Hall–Kier alpha value is -0.800. The van der Waals surface area contributed by atoms with Crippen LogP contribution < -0.4 is 5.73 Å². The van der Waals surface area contributed by atoms with Gasteiger partial charge in [-0.1, -0.05) is 11.6 Å². The van der Waals surface area contributed by atoms with Crippen LogP contribution in [0.1, 0.15) is 12.0 Å². The van der Waals surface area contributed by atoms with Gasteiger partial charge in [-0.05, 0) is 30.4 Å². The first-order valence-electron chi connectivity index (χ1n) is 4.73. The molecule has 1 atom stereocenters. The first-order valence-corrected chi connectivity index (χ1v) is 5.11. The van der Waals surface area contributed by atoms with E-state index in [0.29, 0.717) is 16.8 Å². The summed E-state index contributed by atoms with van der Waals surface area (Å²) in [6, 6.07) is 1.89. The molecule has 1 aromatic heterocycles. The number of anilines is 1. The molecule has 1 aromatic rings. The smallest absolute Gasteiger partial charge is 0.126 e. The van der Waals surface area contributed by atoms with Gasteiger partial charge in [-0.25, -0.2) is 4.98 Å². The maximum Gasteiger partial charge on any atom is 0.126 e. The van der Waals surface area contributed by atoms with Gasteiger partial charge in [0, 0.05) is 19.4 Å². The maximum absolute atomic E-state index is 5.85. The molecule has 1 aliphatic heterocycles. The minimum atomic E-state index is 0.567. The van der Waals surface area contributed by atoms with E-state index < -0.39 is 0 Å². The second-order valence-corrected chi connectivity index (χ2v) is 4.07. The van der Waals surface area contributed by atoms with E-state index in [0.717, 1.165) is 31.6 Å². The van der Waals surface area contributed by atoms with Crippen LogP contribution >= 0.6 is 11.6 Å². The SMILES string of the molecule is Nc1ncc(Cl)cc1CC1CCOC1. The number of rotatable bonds is 2. The lowest BCUT2D eigenvalue weighted by atomic mass is 9.99. The Kier molecular flexibility index (Phi) is 2.89. The molecule has 1 unspecified atom stereocenters. The van der Waals surface area contributed by atoms with Gasteiger partial charge >= 0.3 is 0 Å². The van der Waals surface area contributed by atoms with Gasteiger partial charge in [0.1, 0.15) is 5.82 Å². The van der Waals surface area contributed by atoms with E-state index in [2.05, 4.69) is 4.98 Å². The van der Waals surface area contributed by atoms with Crippen LogP contribution in [0.15, 0.2) is 12.3 Å². The second kappa shape index (κ2) is 4.15. The average Bonchev–Trinajstić information content (AvgIpc) is 2.64. The Balaban J connectivity index is 2.10. The van der Waals surface area contributed by atoms with E-state index in [4.69, 9.17) is 22.1 Å². The lowest BCUT2D eigenvalue weighted by Gasteiger charge is -2.09. The summed E-state index contributed by atoms with van der Waals surface area (Å²) in [5.41, 5.74) is 6.79. The Bertz CT molecular complexity index is 324. The van der Waals surface area contributed by atoms with Gasteiger partial charge < -0.3 is 10.5 Å². The summed E-state index contributed by atoms with van der Waals surface area (Å²) >= 11 is 5.85. The van der Waals surface area contributed by atoms with Crippen molar-refractivity contribution in [3.05, 3.63) is 22.8 Å². The Morgan fingerprint density at radius 1 is 1.64 bits per heavy atom. The van der Waals surface area contributed by atoms with E-state index in [1.165, 1.54) is 0 Å². The number of ether oxygens (including phenoxy) is 1. The van der Waals surface area contributed by atoms with Crippen molar-refractivity contribution in [1.82, 2.24) is 4.98 Å². The number of nitrogens with zero attached hydrogens (tertiary/aromatic N) is 1. The predicted octanol–water partition coefficient (Wildman–Crippen LogP) is 1.90. The zero-order valence-electron chi connectivity index (χ0n) is 7.87. The molecular formula is C10H13ClN2O. The molecule has 1 saturated heterocycles. The summed E-state index contributed by atoms with van der Waals surface area (Å²) in [6.07, 6.45) is 3.59. The fourth-order valence-electron chi connectivity index (χ4n) is 1.71. The standard InChI is InChI=1S/C10H13ClN2O/c11-9-4-8(10(12)13-5-9)3-7-1-2-14-6-7/h4-5,7H,1-3,6H2,(H2,12,13). The Morgan fingerprint density at radius 2 is 2.50 bits per heavy atom. The van der Waals surface area contributed by atoms with Crippen molar-refractivity contribution in [3.8, 4) is 0 Å². The molecule has 0 aliphatic carbocycles. The third-order valence-electron chi connectivity index (χ3n) is 2.50. The number of pyridine rings is 1. The van der Waals surface area contributed by atoms with Gasteiger partial charge in [0.05, 0.1) is 5.02 Å². The molecule has 0 bridgehead atoms. The van der Waals surface area contributed by atoms with Gasteiger partial charge in [0.25, 0.3) is 0 Å². The summed E-state index contributed by atoms with van der Waals surface area (Å²) in [5.74, 6) is 1.15. The highest BCUT2D eigenvalue weighted by Crippen LogP contribution is 2.22. The molecule has 1 fully saturated rings. The molecule has 0 aromatic carbocycles. The fraction of sp³-hybridized carbons (Fsp3) is 0.500.